The third-order valence-electron chi connectivity index (χ3n) is 2.33. The van der Waals surface area contributed by atoms with Gasteiger partial charge in [0.2, 0.25) is 5.91 Å². The highest BCUT2D eigenvalue weighted by atomic mass is 16.7. The highest BCUT2D eigenvalue weighted by molar-refractivity contribution is 5.91. The van der Waals surface area contributed by atoms with Crippen LogP contribution in [0.3, 0.4) is 0 Å². The van der Waals surface area contributed by atoms with Crippen LogP contribution >= 0.6 is 0 Å². The van der Waals surface area contributed by atoms with E-state index in [2.05, 4.69) is 0 Å². The number of hydrogen-bond donors (Lipinski definition) is 0. The van der Waals surface area contributed by atoms with Crippen LogP contribution in [0.2, 0.25) is 0 Å². The van der Waals surface area contributed by atoms with Crippen LogP contribution < -0.4 is 0 Å². The molecule has 1 aromatic carbocycles. The molecule has 0 unspecified atom stereocenters. The van der Waals surface area contributed by atoms with Crippen LogP contribution in [0.5, 0.6) is 0 Å². The average molecular weight is 234 g/mol. The minimum Gasteiger partial charge on any atom is -0.299 e. The monoisotopic (exact) mass is 234 g/mol. The summed E-state index contributed by atoms with van der Waals surface area (Å²) >= 11 is 0. The van der Waals surface area contributed by atoms with Gasteiger partial charge in [0.25, 0.3) is 0 Å². The SMILES string of the molecule is CON(C)C(=O)[CH]CC(=O)Cc1ccccc1. The second kappa shape index (κ2) is 6.81. The van der Waals surface area contributed by atoms with Gasteiger partial charge in [-0.05, 0) is 5.56 Å². The lowest BCUT2D eigenvalue weighted by molar-refractivity contribution is -0.164. The van der Waals surface area contributed by atoms with E-state index >= 15 is 0 Å². The van der Waals surface area contributed by atoms with E-state index in [9.17, 15) is 9.59 Å². The molecule has 0 fully saturated rings. The zero-order valence-corrected chi connectivity index (χ0v) is 10.1. The van der Waals surface area contributed by atoms with E-state index in [0.29, 0.717) is 6.42 Å². The molecule has 0 bridgehead atoms. The van der Waals surface area contributed by atoms with Gasteiger partial charge in [-0.25, -0.2) is 5.06 Å². The third kappa shape index (κ3) is 4.78. The number of amides is 1. The van der Waals surface area contributed by atoms with E-state index < -0.39 is 0 Å². The van der Waals surface area contributed by atoms with E-state index in [4.69, 9.17) is 4.84 Å². The van der Waals surface area contributed by atoms with Crippen molar-refractivity contribution in [1.82, 2.24) is 5.06 Å². The van der Waals surface area contributed by atoms with Crippen molar-refractivity contribution in [1.29, 1.82) is 0 Å². The minimum atomic E-state index is -0.311. The summed E-state index contributed by atoms with van der Waals surface area (Å²) in [6, 6.07) is 9.45. The van der Waals surface area contributed by atoms with Gasteiger partial charge in [-0.3, -0.25) is 14.4 Å². The Morgan fingerprint density at radius 3 is 2.53 bits per heavy atom. The van der Waals surface area contributed by atoms with Gasteiger partial charge in [0.05, 0.1) is 13.5 Å². The van der Waals surface area contributed by atoms with Crippen LogP contribution in [0.1, 0.15) is 12.0 Å². The van der Waals surface area contributed by atoms with E-state index in [1.165, 1.54) is 20.6 Å². The molecule has 91 valence electrons. The molecule has 0 aromatic heterocycles. The molecule has 0 aliphatic carbocycles. The van der Waals surface area contributed by atoms with Crippen molar-refractivity contribution >= 4 is 11.7 Å². The number of hydrogen-bond acceptors (Lipinski definition) is 3. The number of nitrogens with zero attached hydrogens (tertiary/aromatic N) is 1. The number of rotatable bonds is 6. The first-order chi connectivity index (χ1) is 8.13. The lowest BCUT2D eigenvalue weighted by Crippen LogP contribution is -2.26. The Morgan fingerprint density at radius 1 is 1.29 bits per heavy atom. The molecule has 1 radical (unpaired) electrons. The lowest BCUT2D eigenvalue weighted by atomic mass is 10.1. The normalized spacial score (nSPS) is 10.0. The standard InChI is InChI=1S/C13H16NO3/c1-14(17-2)13(16)9-8-12(15)10-11-6-4-3-5-7-11/h3-7,9H,8,10H2,1-2H3. The maximum atomic E-state index is 11.6. The molecule has 1 aromatic rings. The molecule has 4 nitrogen and oxygen atoms in total. The van der Waals surface area contributed by atoms with Crippen molar-refractivity contribution in [3.8, 4) is 0 Å². The van der Waals surface area contributed by atoms with Crippen molar-refractivity contribution < 1.29 is 14.4 Å². The molecule has 0 N–H and O–H groups in total. The number of benzene rings is 1. The van der Waals surface area contributed by atoms with Gasteiger partial charge in [-0.2, -0.15) is 0 Å². The molecule has 1 amide bonds. The topological polar surface area (TPSA) is 46.6 Å². The first kappa shape index (κ1) is 13.4. The van der Waals surface area contributed by atoms with E-state index in [0.717, 1.165) is 10.6 Å². The number of carbonyl (C=O) groups excluding carboxylic acids is 2. The third-order valence-corrected chi connectivity index (χ3v) is 2.33. The molecule has 0 saturated carbocycles. The zero-order valence-electron chi connectivity index (χ0n) is 10.1. The first-order valence-electron chi connectivity index (χ1n) is 5.34. The fourth-order valence-electron chi connectivity index (χ4n) is 1.32. The molecule has 0 atom stereocenters. The van der Waals surface area contributed by atoms with Crippen LogP contribution in [0.25, 0.3) is 0 Å². The van der Waals surface area contributed by atoms with Gasteiger partial charge < -0.3 is 0 Å². The predicted molar refractivity (Wildman–Crippen MR) is 63.8 cm³/mol. The fourth-order valence-corrected chi connectivity index (χ4v) is 1.32. The van der Waals surface area contributed by atoms with E-state index in [1.807, 2.05) is 30.3 Å². The van der Waals surface area contributed by atoms with Crippen LogP contribution in [0, 0.1) is 6.42 Å². The highest BCUT2D eigenvalue weighted by Gasteiger charge is 2.11. The Labute approximate surface area is 101 Å². The van der Waals surface area contributed by atoms with Gasteiger partial charge in [-0.1, -0.05) is 30.3 Å². The summed E-state index contributed by atoms with van der Waals surface area (Å²) in [6.07, 6.45) is 1.80. The number of ketones is 1. The van der Waals surface area contributed by atoms with Crippen LogP contribution in [0.15, 0.2) is 30.3 Å². The van der Waals surface area contributed by atoms with Crippen molar-refractivity contribution in [2.45, 2.75) is 12.8 Å². The minimum absolute atomic E-state index is 0.00838. The predicted octanol–water partition coefficient (Wildman–Crippen LogP) is 1.41. The van der Waals surface area contributed by atoms with Gasteiger partial charge in [0.1, 0.15) is 5.78 Å². The quantitative estimate of drug-likeness (QED) is 0.699. The van der Waals surface area contributed by atoms with Gasteiger partial charge in [-0.15, -0.1) is 0 Å². The summed E-state index contributed by atoms with van der Waals surface area (Å²) in [6.45, 7) is 0. The Bertz CT molecular complexity index is 376. The van der Waals surface area contributed by atoms with Crippen molar-refractivity contribution in [2.24, 2.45) is 0 Å². The second-order valence-corrected chi connectivity index (χ2v) is 3.63. The lowest BCUT2D eigenvalue weighted by Gasteiger charge is -2.12. The van der Waals surface area contributed by atoms with Crippen molar-refractivity contribution in [3.05, 3.63) is 42.3 Å². The Balaban J connectivity index is 2.34. The summed E-state index contributed by atoms with van der Waals surface area (Å²) in [7, 11) is 2.90. The molecular formula is C13H16NO3. The Hall–Kier alpha value is -1.68. The maximum Gasteiger partial charge on any atom is 0.250 e. The number of carbonyl (C=O) groups is 2. The molecule has 0 spiro atoms. The second-order valence-electron chi connectivity index (χ2n) is 3.63. The molecular weight excluding hydrogens is 218 g/mol. The molecule has 0 aliphatic heterocycles. The summed E-state index contributed by atoms with van der Waals surface area (Å²) < 4.78 is 0. The molecule has 0 heterocycles. The number of hydroxylamine groups is 2. The summed E-state index contributed by atoms with van der Waals surface area (Å²) in [5, 5.41) is 1.08. The largest absolute Gasteiger partial charge is 0.299 e. The maximum absolute atomic E-state index is 11.6. The summed E-state index contributed by atoms with van der Waals surface area (Å²) in [5.74, 6) is -0.303. The first-order valence-corrected chi connectivity index (χ1v) is 5.34. The van der Waals surface area contributed by atoms with Gasteiger partial charge >= 0.3 is 0 Å². The molecule has 0 saturated heterocycles. The Morgan fingerprint density at radius 2 is 1.94 bits per heavy atom. The Kier molecular flexibility index (Phi) is 5.36. The van der Waals surface area contributed by atoms with E-state index in [1.54, 1.807) is 0 Å². The highest BCUT2D eigenvalue weighted by Crippen LogP contribution is 2.04. The molecule has 17 heavy (non-hydrogen) atoms. The summed E-state index contributed by atoms with van der Waals surface area (Å²) in [4.78, 5) is 27.6. The molecule has 1 rings (SSSR count). The zero-order chi connectivity index (χ0) is 12.7. The van der Waals surface area contributed by atoms with Crippen LogP contribution in [0.4, 0.5) is 0 Å². The van der Waals surface area contributed by atoms with Gasteiger partial charge in [0, 0.05) is 19.9 Å². The number of Topliss-reactive ketones (excluding diaryl/α,β-unsaturated/α-hetero) is 1. The van der Waals surface area contributed by atoms with Crippen molar-refractivity contribution in [2.75, 3.05) is 14.2 Å². The van der Waals surface area contributed by atoms with Crippen LogP contribution in [-0.4, -0.2) is 30.9 Å². The smallest absolute Gasteiger partial charge is 0.250 e. The van der Waals surface area contributed by atoms with Crippen molar-refractivity contribution in [3.63, 3.8) is 0 Å². The molecule has 0 aliphatic rings. The average Bonchev–Trinajstić information content (AvgIpc) is 2.36. The summed E-state index contributed by atoms with van der Waals surface area (Å²) in [5.41, 5.74) is 0.957. The molecule has 4 heteroatoms. The van der Waals surface area contributed by atoms with Gasteiger partial charge in [0.15, 0.2) is 0 Å². The fraction of sp³-hybridized carbons (Fsp3) is 0.308. The van der Waals surface area contributed by atoms with Crippen LogP contribution in [-0.2, 0) is 20.8 Å². The van der Waals surface area contributed by atoms with E-state index in [-0.39, 0.29) is 18.1 Å².